The normalized spacial score (nSPS) is 18.8. The number of halogens is 1. The molecule has 0 spiro atoms. The molecule has 6 nitrogen and oxygen atoms in total. The molecule has 8 heteroatoms. The van der Waals surface area contributed by atoms with E-state index in [1.165, 1.54) is 24.1 Å². The average Bonchev–Trinajstić information content (AvgIpc) is 3.07. The Morgan fingerprint density at radius 1 is 1.17 bits per heavy atom. The Hall–Kier alpha value is -2.74. The number of thioether (sulfide) groups is 1. The van der Waals surface area contributed by atoms with Gasteiger partial charge in [0.1, 0.15) is 5.82 Å². The summed E-state index contributed by atoms with van der Waals surface area (Å²) in [7, 11) is 0. The Morgan fingerprint density at radius 2 is 1.93 bits per heavy atom. The van der Waals surface area contributed by atoms with Crippen LogP contribution in [-0.4, -0.2) is 34.2 Å². The quantitative estimate of drug-likeness (QED) is 0.699. The minimum absolute atomic E-state index is 0.188. The SMILES string of the molecule is O=C1NC(=O)/C(=C/c2ccnc(N3CCC(CCCc4ccc(F)cc4)CC3)n2)S1. The van der Waals surface area contributed by atoms with E-state index in [9.17, 15) is 14.0 Å². The topological polar surface area (TPSA) is 75.2 Å². The molecule has 2 aliphatic heterocycles. The monoisotopic (exact) mass is 426 g/mol. The zero-order valence-electron chi connectivity index (χ0n) is 16.5. The van der Waals surface area contributed by atoms with E-state index in [4.69, 9.17) is 0 Å². The van der Waals surface area contributed by atoms with Crippen LogP contribution < -0.4 is 10.2 Å². The highest BCUT2D eigenvalue weighted by Gasteiger charge is 2.25. The van der Waals surface area contributed by atoms with E-state index < -0.39 is 0 Å². The molecule has 156 valence electrons. The number of carbonyl (C=O) groups is 2. The van der Waals surface area contributed by atoms with Crippen LogP contribution in [0.3, 0.4) is 0 Å². The molecule has 0 atom stereocenters. The van der Waals surface area contributed by atoms with Crippen LogP contribution >= 0.6 is 11.8 Å². The molecule has 0 bridgehead atoms. The molecule has 0 saturated carbocycles. The average molecular weight is 427 g/mol. The second-order valence-corrected chi connectivity index (χ2v) is 8.60. The Kier molecular flexibility index (Phi) is 6.42. The summed E-state index contributed by atoms with van der Waals surface area (Å²) in [6, 6.07) is 8.50. The molecule has 0 aliphatic carbocycles. The van der Waals surface area contributed by atoms with E-state index in [-0.39, 0.29) is 17.0 Å². The lowest BCUT2D eigenvalue weighted by molar-refractivity contribution is -0.115. The molecule has 0 unspecified atom stereocenters. The summed E-state index contributed by atoms with van der Waals surface area (Å²) in [6.45, 7) is 1.80. The van der Waals surface area contributed by atoms with Gasteiger partial charge in [-0.15, -0.1) is 0 Å². The number of imide groups is 1. The molecule has 1 aromatic carbocycles. The molecule has 3 heterocycles. The van der Waals surface area contributed by atoms with Gasteiger partial charge in [0.15, 0.2) is 0 Å². The van der Waals surface area contributed by atoms with Crippen molar-refractivity contribution < 1.29 is 14.0 Å². The highest BCUT2D eigenvalue weighted by Crippen LogP contribution is 2.27. The number of aryl methyl sites for hydroxylation is 1. The lowest BCUT2D eigenvalue weighted by Crippen LogP contribution is -2.35. The van der Waals surface area contributed by atoms with Crippen molar-refractivity contribution in [3.05, 3.63) is 58.5 Å². The van der Waals surface area contributed by atoms with Gasteiger partial charge in [-0.1, -0.05) is 12.1 Å². The first kappa shape index (κ1) is 20.5. The van der Waals surface area contributed by atoms with E-state index >= 15 is 0 Å². The van der Waals surface area contributed by atoms with Crippen LogP contribution in [0.5, 0.6) is 0 Å². The van der Waals surface area contributed by atoms with Crippen molar-refractivity contribution >= 4 is 34.9 Å². The molecule has 4 rings (SSSR count). The van der Waals surface area contributed by atoms with E-state index in [1.807, 2.05) is 12.1 Å². The Morgan fingerprint density at radius 3 is 2.63 bits per heavy atom. The second-order valence-electron chi connectivity index (χ2n) is 7.58. The third-order valence-corrected chi connectivity index (χ3v) is 6.28. The zero-order chi connectivity index (χ0) is 20.9. The molecule has 2 aliphatic rings. The number of nitrogens with one attached hydrogen (secondary N) is 1. The molecule has 1 N–H and O–H groups in total. The first-order valence-electron chi connectivity index (χ1n) is 10.1. The number of piperidine rings is 1. The fourth-order valence-corrected chi connectivity index (χ4v) is 4.48. The number of benzene rings is 1. The zero-order valence-corrected chi connectivity index (χ0v) is 17.3. The summed E-state index contributed by atoms with van der Waals surface area (Å²) >= 11 is 0.886. The van der Waals surface area contributed by atoms with Gasteiger partial charge in [-0.05, 0) is 79.6 Å². The molecular formula is C22H23FN4O2S. The molecule has 2 aromatic rings. The molecule has 2 saturated heterocycles. The van der Waals surface area contributed by atoms with Crippen molar-refractivity contribution in [2.24, 2.45) is 5.92 Å². The van der Waals surface area contributed by atoms with Gasteiger partial charge in [0.2, 0.25) is 5.95 Å². The number of carbonyl (C=O) groups excluding carboxylic acids is 2. The van der Waals surface area contributed by atoms with Crippen molar-refractivity contribution in [1.82, 2.24) is 15.3 Å². The third-order valence-electron chi connectivity index (χ3n) is 5.47. The molecule has 2 amide bonds. The van der Waals surface area contributed by atoms with Crippen LogP contribution in [-0.2, 0) is 11.2 Å². The molecule has 1 aromatic heterocycles. The van der Waals surface area contributed by atoms with Crippen molar-refractivity contribution in [2.75, 3.05) is 18.0 Å². The lowest BCUT2D eigenvalue weighted by atomic mass is 9.91. The first-order chi connectivity index (χ1) is 14.6. The summed E-state index contributed by atoms with van der Waals surface area (Å²) in [5.74, 6) is 0.763. The number of hydrogen-bond donors (Lipinski definition) is 1. The van der Waals surface area contributed by atoms with Crippen LogP contribution in [0.25, 0.3) is 6.08 Å². The smallest absolute Gasteiger partial charge is 0.290 e. The van der Waals surface area contributed by atoms with Crippen LogP contribution in [0.4, 0.5) is 15.1 Å². The lowest BCUT2D eigenvalue weighted by Gasteiger charge is -2.32. The minimum Gasteiger partial charge on any atom is -0.341 e. The van der Waals surface area contributed by atoms with Crippen LogP contribution in [0.2, 0.25) is 0 Å². The van der Waals surface area contributed by atoms with Crippen LogP contribution in [0.15, 0.2) is 41.4 Å². The Labute approximate surface area is 179 Å². The van der Waals surface area contributed by atoms with Crippen LogP contribution in [0, 0.1) is 11.7 Å². The van der Waals surface area contributed by atoms with E-state index in [1.54, 1.807) is 18.3 Å². The number of nitrogens with zero attached hydrogens (tertiary/aromatic N) is 3. The number of hydrogen-bond acceptors (Lipinski definition) is 6. The molecule has 2 fully saturated rings. The van der Waals surface area contributed by atoms with Gasteiger partial charge in [-0.3, -0.25) is 14.9 Å². The Balaban J connectivity index is 1.28. The predicted molar refractivity (Wildman–Crippen MR) is 115 cm³/mol. The van der Waals surface area contributed by atoms with Gasteiger partial charge in [-0.25, -0.2) is 14.4 Å². The summed E-state index contributed by atoms with van der Waals surface area (Å²) in [5.41, 5.74) is 1.80. The Bertz CT molecular complexity index is 956. The largest absolute Gasteiger partial charge is 0.341 e. The van der Waals surface area contributed by atoms with Crippen LogP contribution in [0.1, 0.15) is 36.9 Å². The highest BCUT2D eigenvalue weighted by atomic mass is 32.2. The van der Waals surface area contributed by atoms with Gasteiger partial charge < -0.3 is 4.90 Å². The number of rotatable bonds is 6. The van der Waals surface area contributed by atoms with Crippen molar-refractivity contribution in [2.45, 2.75) is 32.1 Å². The summed E-state index contributed by atoms with van der Waals surface area (Å²) < 4.78 is 13.0. The predicted octanol–water partition coefficient (Wildman–Crippen LogP) is 4.18. The maximum Gasteiger partial charge on any atom is 0.290 e. The number of amides is 2. The van der Waals surface area contributed by atoms with Gasteiger partial charge in [-0.2, -0.15) is 0 Å². The van der Waals surface area contributed by atoms with Crippen molar-refractivity contribution in [3.63, 3.8) is 0 Å². The van der Waals surface area contributed by atoms with Crippen molar-refractivity contribution in [3.8, 4) is 0 Å². The molecule has 30 heavy (non-hydrogen) atoms. The summed E-state index contributed by atoms with van der Waals surface area (Å²) in [4.78, 5) is 34.5. The summed E-state index contributed by atoms with van der Waals surface area (Å²) in [6.07, 6.45) is 8.73. The van der Waals surface area contributed by atoms with E-state index in [2.05, 4.69) is 20.2 Å². The van der Waals surface area contributed by atoms with Crippen molar-refractivity contribution in [1.29, 1.82) is 0 Å². The van der Waals surface area contributed by atoms with Gasteiger partial charge in [0.25, 0.3) is 11.1 Å². The molecule has 0 radical (unpaired) electrons. The maximum atomic E-state index is 13.0. The number of anilines is 1. The summed E-state index contributed by atoms with van der Waals surface area (Å²) in [5, 5.41) is 1.89. The highest BCUT2D eigenvalue weighted by molar-refractivity contribution is 8.18. The molecular weight excluding hydrogens is 403 g/mol. The van der Waals surface area contributed by atoms with Gasteiger partial charge in [0.05, 0.1) is 10.6 Å². The second kappa shape index (κ2) is 9.38. The third kappa shape index (κ3) is 5.24. The van der Waals surface area contributed by atoms with Gasteiger partial charge in [0, 0.05) is 19.3 Å². The minimum atomic E-state index is -0.383. The standard InChI is InChI=1S/C22H23FN4O2S/c23-17-6-4-15(5-7-17)2-1-3-16-9-12-27(13-10-16)21-24-11-8-18(25-21)14-19-20(28)26-22(29)30-19/h4-8,11,14,16H,1-3,9-10,12-13H2,(H,26,28,29)/b19-14-. The number of aromatic nitrogens is 2. The van der Waals surface area contributed by atoms with E-state index in [0.29, 0.717) is 22.5 Å². The fourth-order valence-electron chi connectivity index (χ4n) is 3.82. The first-order valence-corrected chi connectivity index (χ1v) is 11.0. The van der Waals surface area contributed by atoms with E-state index in [0.717, 1.165) is 50.5 Å². The maximum absolute atomic E-state index is 13.0. The van der Waals surface area contributed by atoms with Gasteiger partial charge >= 0.3 is 0 Å². The fraction of sp³-hybridized carbons (Fsp3) is 0.364.